The number of para-hydroxylation sites is 2. The quantitative estimate of drug-likeness (QED) is 0.184. The number of methoxy groups -OCH3 is 1. The second-order valence-electron chi connectivity index (χ2n) is 6.53. The van der Waals surface area contributed by atoms with Crippen molar-refractivity contribution in [3.05, 3.63) is 100 Å². The summed E-state index contributed by atoms with van der Waals surface area (Å²) in [4.78, 5) is 23.5. The number of nitrogens with zero attached hydrogens (tertiary/aromatic N) is 1. The van der Waals surface area contributed by atoms with E-state index in [2.05, 4.69) is 5.32 Å². The topological polar surface area (TPSA) is 90.7 Å². The smallest absolute Gasteiger partial charge is 0.270 e. The highest BCUT2D eigenvalue weighted by atomic mass is 16.6. The van der Waals surface area contributed by atoms with Gasteiger partial charge in [-0.05, 0) is 29.3 Å². The fourth-order valence-corrected chi connectivity index (χ4v) is 2.95. The third-order valence-electron chi connectivity index (χ3n) is 4.44. The Balaban J connectivity index is 1.73. The average Bonchev–Trinajstić information content (AvgIpc) is 2.81. The van der Waals surface area contributed by atoms with E-state index in [-0.39, 0.29) is 24.7 Å². The van der Waals surface area contributed by atoms with Gasteiger partial charge in [0.15, 0.2) is 11.5 Å². The number of rotatable bonds is 9. The van der Waals surface area contributed by atoms with E-state index in [4.69, 9.17) is 9.47 Å². The Bertz CT molecular complexity index is 1080. The number of carbonyl (C=O) groups is 1. The van der Waals surface area contributed by atoms with Gasteiger partial charge in [-0.15, -0.1) is 0 Å². The minimum Gasteiger partial charge on any atom is -0.493 e. The maximum absolute atomic E-state index is 12.9. The summed E-state index contributed by atoms with van der Waals surface area (Å²) in [7, 11) is 1.56. The summed E-state index contributed by atoms with van der Waals surface area (Å²) < 4.78 is 10.9. The Labute approximate surface area is 180 Å². The van der Waals surface area contributed by atoms with Crippen molar-refractivity contribution < 1.29 is 19.2 Å². The lowest BCUT2D eigenvalue weighted by Gasteiger charge is -2.12. The minimum atomic E-state index is -0.463. The molecule has 0 saturated carbocycles. The number of non-ortho nitro benzene ring substituents is 1. The predicted octanol–water partition coefficient (Wildman–Crippen LogP) is 4.34. The van der Waals surface area contributed by atoms with Gasteiger partial charge in [0.25, 0.3) is 11.6 Å². The monoisotopic (exact) mass is 418 g/mol. The summed E-state index contributed by atoms with van der Waals surface area (Å²) in [5, 5.41) is 13.9. The number of nitro groups is 1. The standard InChI is InChI=1S/C24H22N2O5/c1-30-22-12-5-6-13-23(22)31-15-14-25-24(27)21(19-9-3-2-4-10-19)17-18-8-7-11-20(16-18)26(28)29/h2-13,16-17H,14-15H2,1H3,(H,25,27)/b21-17+. The van der Waals surface area contributed by atoms with Crippen LogP contribution in [0.5, 0.6) is 11.5 Å². The fraction of sp³-hybridized carbons (Fsp3) is 0.125. The van der Waals surface area contributed by atoms with E-state index in [1.807, 2.05) is 42.5 Å². The Morgan fingerprint density at radius 3 is 2.42 bits per heavy atom. The first-order valence-corrected chi connectivity index (χ1v) is 9.64. The number of ether oxygens (including phenoxy) is 2. The van der Waals surface area contributed by atoms with E-state index in [9.17, 15) is 14.9 Å². The number of amides is 1. The van der Waals surface area contributed by atoms with E-state index in [1.54, 1.807) is 37.5 Å². The Morgan fingerprint density at radius 1 is 1.00 bits per heavy atom. The van der Waals surface area contributed by atoms with Crippen molar-refractivity contribution in [2.24, 2.45) is 0 Å². The molecule has 0 atom stereocenters. The Hall–Kier alpha value is -4.13. The lowest BCUT2D eigenvalue weighted by atomic mass is 10.0. The molecule has 0 radical (unpaired) electrons. The maximum atomic E-state index is 12.9. The molecule has 0 fully saturated rings. The molecular weight excluding hydrogens is 396 g/mol. The van der Waals surface area contributed by atoms with Crippen molar-refractivity contribution >= 4 is 23.2 Å². The maximum Gasteiger partial charge on any atom is 0.270 e. The molecule has 3 rings (SSSR count). The van der Waals surface area contributed by atoms with Gasteiger partial charge in [-0.1, -0.05) is 54.6 Å². The van der Waals surface area contributed by atoms with Gasteiger partial charge in [-0.3, -0.25) is 14.9 Å². The van der Waals surface area contributed by atoms with Gasteiger partial charge in [-0.2, -0.15) is 0 Å². The largest absolute Gasteiger partial charge is 0.493 e. The highest BCUT2D eigenvalue weighted by Crippen LogP contribution is 2.25. The molecule has 0 heterocycles. The zero-order valence-corrected chi connectivity index (χ0v) is 17.0. The van der Waals surface area contributed by atoms with E-state index >= 15 is 0 Å². The normalized spacial score (nSPS) is 10.9. The van der Waals surface area contributed by atoms with E-state index < -0.39 is 4.92 Å². The van der Waals surface area contributed by atoms with Crippen LogP contribution in [-0.2, 0) is 4.79 Å². The molecule has 7 nitrogen and oxygen atoms in total. The SMILES string of the molecule is COc1ccccc1OCCNC(=O)/C(=C/c1cccc([N+](=O)[O-])c1)c1ccccc1. The van der Waals surface area contributed by atoms with E-state index in [0.717, 1.165) is 0 Å². The molecule has 7 heteroatoms. The predicted molar refractivity (Wildman–Crippen MR) is 119 cm³/mol. The molecule has 3 aromatic carbocycles. The minimum absolute atomic E-state index is 0.0354. The molecule has 0 saturated heterocycles. The van der Waals surface area contributed by atoms with Crippen LogP contribution in [0, 0.1) is 10.1 Å². The Kier molecular flexibility index (Phi) is 7.37. The molecule has 1 amide bonds. The fourth-order valence-electron chi connectivity index (χ4n) is 2.95. The molecule has 0 unspecified atom stereocenters. The summed E-state index contributed by atoms with van der Waals surface area (Å²) in [5.74, 6) is 0.903. The van der Waals surface area contributed by atoms with Crippen LogP contribution in [0.25, 0.3) is 11.6 Å². The molecule has 0 aliphatic carbocycles. The van der Waals surface area contributed by atoms with Crippen LogP contribution in [0.4, 0.5) is 5.69 Å². The van der Waals surface area contributed by atoms with Crippen LogP contribution in [0.1, 0.15) is 11.1 Å². The molecule has 0 aromatic heterocycles. The van der Waals surface area contributed by atoms with Crippen LogP contribution < -0.4 is 14.8 Å². The Morgan fingerprint density at radius 2 is 1.71 bits per heavy atom. The summed E-state index contributed by atoms with van der Waals surface area (Å²) in [6.45, 7) is 0.529. The second-order valence-corrected chi connectivity index (χ2v) is 6.53. The van der Waals surface area contributed by atoms with Crippen molar-refractivity contribution in [3.8, 4) is 11.5 Å². The van der Waals surface area contributed by atoms with Gasteiger partial charge in [0.2, 0.25) is 0 Å². The van der Waals surface area contributed by atoms with Crippen molar-refractivity contribution in [2.75, 3.05) is 20.3 Å². The van der Waals surface area contributed by atoms with E-state index in [0.29, 0.717) is 28.2 Å². The molecule has 31 heavy (non-hydrogen) atoms. The van der Waals surface area contributed by atoms with Gasteiger partial charge in [0, 0.05) is 17.7 Å². The van der Waals surface area contributed by atoms with Crippen molar-refractivity contribution in [1.82, 2.24) is 5.32 Å². The second kappa shape index (κ2) is 10.6. The van der Waals surface area contributed by atoms with Crippen molar-refractivity contribution in [2.45, 2.75) is 0 Å². The molecule has 0 aliphatic heterocycles. The van der Waals surface area contributed by atoms with Crippen LogP contribution in [0.2, 0.25) is 0 Å². The molecule has 158 valence electrons. The third-order valence-corrected chi connectivity index (χ3v) is 4.44. The average molecular weight is 418 g/mol. The van der Waals surface area contributed by atoms with Crippen LogP contribution in [-0.4, -0.2) is 31.1 Å². The molecule has 3 aromatic rings. The lowest BCUT2D eigenvalue weighted by molar-refractivity contribution is -0.384. The van der Waals surface area contributed by atoms with Crippen LogP contribution in [0.3, 0.4) is 0 Å². The zero-order valence-electron chi connectivity index (χ0n) is 17.0. The molecule has 0 aliphatic rings. The first-order chi connectivity index (χ1) is 15.1. The number of nitrogens with one attached hydrogen (secondary N) is 1. The first-order valence-electron chi connectivity index (χ1n) is 9.64. The van der Waals surface area contributed by atoms with Crippen LogP contribution >= 0.6 is 0 Å². The highest BCUT2D eigenvalue weighted by molar-refractivity contribution is 6.24. The van der Waals surface area contributed by atoms with E-state index in [1.165, 1.54) is 12.1 Å². The number of hydrogen-bond acceptors (Lipinski definition) is 5. The first kappa shape index (κ1) is 21.6. The molecule has 0 spiro atoms. The zero-order chi connectivity index (χ0) is 22.1. The molecule has 1 N–H and O–H groups in total. The summed E-state index contributed by atoms with van der Waals surface area (Å²) in [6, 6.07) is 22.6. The van der Waals surface area contributed by atoms with Crippen molar-refractivity contribution in [1.29, 1.82) is 0 Å². The summed E-state index contributed by atoms with van der Waals surface area (Å²) >= 11 is 0. The lowest BCUT2D eigenvalue weighted by Crippen LogP contribution is -2.28. The summed E-state index contributed by atoms with van der Waals surface area (Å²) in [5.41, 5.74) is 1.63. The highest BCUT2D eigenvalue weighted by Gasteiger charge is 2.13. The van der Waals surface area contributed by atoms with Gasteiger partial charge in [0.1, 0.15) is 6.61 Å². The van der Waals surface area contributed by atoms with Crippen LogP contribution in [0.15, 0.2) is 78.9 Å². The van der Waals surface area contributed by atoms with Gasteiger partial charge in [-0.25, -0.2) is 0 Å². The number of carbonyl (C=O) groups excluding carboxylic acids is 1. The molecular formula is C24H22N2O5. The van der Waals surface area contributed by atoms with Gasteiger partial charge in [0.05, 0.1) is 18.6 Å². The van der Waals surface area contributed by atoms with Gasteiger partial charge >= 0.3 is 0 Å². The van der Waals surface area contributed by atoms with Crippen molar-refractivity contribution in [3.63, 3.8) is 0 Å². The number of nitro benzene ring substituents is 1. The molecule has 0 bridgehead atoms. The van der Waals surface area contributed by atoms with Gasteiger partial charge < -0.3 is 14.8 Å². The summed E-state index contributed by atoms with van der Waals surface area (Å²) in [6.07, 6.45) is 1.64. The number of hydrogen-bond donors (Lipinski definition) is 1. The third kappa shape index (κ3) is 5.93. The number of benzene rings is 3.